The average Bonchev–Trinajstić information content (AvgIpc) is 2.97. The first-order valence-corrected chi connectivity index (χ1v) is 8.70. The summed E-state index contributed by atoms with van der Waals surface area (Å²) in [6.45, 7) is 5.04. The Bertz CT molecular complexity index is 431. The molecule has 0 bridgehead atoms. The standard InChI is InChI=1S/C17H29N3O/c1-2-10-18-14-15-6-11-20(19-15)16-7-12-21-17(13-16)8-4-3-5-9-17/h6,11,16,18H,2-5,7-10,12-14H2,1H3. The van der Waals surface area contributed by atoms with Crippen molar-refractivity contribution < 1.29 is 4.74 Å². The topological polar surface area (TPSA) is 39.1 Å². The maximum Gasteiger partial charge on any atom is 0.0762 e. The third-order valence-electron chi connectivity index (χ3n) is 5.00. The zero-order valence-corrected chi connectivity index (χ0v) is 13.3. The van der Waals surface area contributed by atoms with E-state index >= 15 is 0 Å². The predicted octanol–water partition coefficient (Wildman–Crippen LogP) is 3.44. The van der Waals surface area contributed by atoms with Crippen molar-refractivity contribution in [1.82, 2.24) is 15.1 Å². The first-order valence-electron chi connectivity index (χ1n) is 8.70. The van der Waals surface area contributed by atoms with Crippen molar-refractivity contribution in [3.8, 4) is 0 Å². The van der Waals surface area contributed by atoms with Gasteiger partial charge in [0.15, 0.2) is 0 Å². The molecule has 1 aliphatic heterocycles. The quantitative estimate of drug-likeness (QED) is 0.845. The molecule has 0 radical (unpaired) electrons. The van der Waals surface area contributed by atoms with Crippen LogP contribution in [0, 0.1) is 0 Å². The van der Waals surface area contributed by atoms with Gasteiger partial charge in [0.05, 0.1) is 17.3 Å². The molecule has 3 rings (SSSR count). The van der Waals surface area contributed by atoms with Crippen molar-refractivity contribution in [3.05, 3.63) is 18.0 Å². The summed E-state index contributed by atoms with van der Waals surface area (Å²) in [6, 6.07) is 2.68. The van der Waals surface area contributed by atoms with Gasteiger partial charge in [0.2, 0.25) is 0 Å². The van der Waals surface area contributed by atoms with Crippen molar-refractivity contribution in [3.63, 3.8) is 0 Å². The number of hydrogen-bond donors (Lipinski definition) is 1. The Balaban J connectivity index is 1.60. The Morgan fingerprint density at radius 2 is 2.24 bits per heavy atom. The van der Waals surface area contributed by atoms with Crippen LogP contribution < -0.4 is 5.32 Å². The molecule has 21 heavy (non-hydrogen) atoms. The summed E-state index contributed by atoms with van der Waals surface area (Å²) in [4.78, 5) is 0. The molecular formula is C17H29N3O. The minimum atomic E-state index is 0.160. The normalized spacial score (nSPS) is 25.3. The molecule has 1 N–H and O–H groups in total. The zero-order valence-electron chi connectivity index (χ0n) is 13.3. The second-order valence-electron chi connectivity index (χ2n) is 6.70. The Morgan fingerprint density at radius 1 is 1.38 bits per heavy atom. The molecule has 0 aromatic carbocycles. The molecule has 1 unspecified atom stereocenters. The Labute approximate surface area is 128 Å². The van der Waals surface area contributed by atoms with Crippen LogP contribution in [0.1, 0.15) is 70.0 Å². The van der Waals surface area contributed by atoms with E-state index in [-0.39, 0.29) is 5.60 Å². The number of ether oxygens (including phenoxy) is 1. The second-order valence-corrected chi connectivity index (χ2v) is 6.70. The van der Waals surface area contributed by atoms with Gasteiger partial charge in [0.25, 0.3) is 0 Å². The van der Waals surface area contributed by atoms with Crippen molar-refractivity contribution >= 4 is 0 Å². The van der Waals surface area contributed by atoms with Gasteiger partial charge in [-0.1, -0.05) is 26.2 Å². The number of nitrogens with zero attached hydrogens (tertiary/aromatic N) is 2. The van der Waals surface area contributed by atoms with Crippen LogP contribution in [0.5, 0.6) is 0 Å². The molecule has 4 nitrogen and oxygen atoms in total. The molecule has 1 aromatic heterocycles. The summed E-state index contributed by atoms with van der Waals surface area (Å²) in [5, 5.41) is 8.21. The van der Waals surface area contributed by atoms with Crippen LogP contribution >= 0.6 is 0 Å². The van der Waals surface area contributed by atoms with E-state index in [0.29, 0.717) is 6.04 Å². The van der Waals surface area contributed by atoms with Crippen LogP contribution in [0.25, 0.3) is 0 Å². The largest absolute Gasteiger partial charge is 0.375 e. The Hall–Kier alpha value is -0.870. The minimum absolute atomic E-state index is 0.160. The smallest absolute Gasteiger partial charge is 0.0762 e. The lowest BCUT2D eigenvalue weighted by Crippen LogP contribution is -2.42. The van der Waals surface area contributed by atoms with E-state index in [2.05, 4.69) is 29.2 Å². The van der Waals surface area contributed by atoms with Gasteiger partial charge >= 0.3 is 0 Å². The van der Waals surface area contributed by atoms with Crippen LogP contribution in [0.3, 0.4) is 0 Å². The highest BCUT2D eigenvalue weighted by atomic mass is 16.5. The van der Waals surface area contributed by atoms with E-state index < -0.39 is 0 Å². The van der Waals surface area contributed by atoms with Crippen LogP contribution in [0.2, 0.25) is 0 Å². The first kappa shape index (κ1) is 15.0. The van der Waals surface area contributed by atoms with Crippen LogP contribution in [0.4, 0.5) is 0 Å². The van der Waals surface area contributed by atoms with Gasteiger partial charge in [-0.05, 0) is 44.7 Å². The SMILES string of the molecule is CCCNCc1ccn(C2CCOC3(CCCCC3)C2)n1. The molecular weight excluding hydrogens is 262 g/mol. The molecule has 2 heterocycles. The van der Waals surface area contributed by atoms with Crippen LogP contribution in [-0.4, -0.2) is 28.5 Å². The summed E-state index contributed by atoms with van der Waals surface area (Å²) < 4.78 is 8.39. The second kappa shape index (κ2) is 6.93. The van der Waals surface area contributed by atoms with E-state index in [1.54, 1.807) is 0 Å². The molecule has 1 aliphatic carbocycles. The van der Waals surface area contributed by atoms with Crippen LogP contribution in [0.15, 0.2) is 12.3 Å². The van der Waals surface area contributed by atoms with Gasteiger partial charge in [-0.15, -0.1) is 0 Å². The van der Waals surface area contributed by atoms with Gasteiger partial charge in [0, 0.05) is 19.3 Å². The molecule has 0 amide bonds. The zero-order chi connectivity index (χ0) is 14.5. The lowest BCUT2D eigenvalue weighted by Gasteiger charge is -2.43. The fraction of sp³-hybridized carbons (Fsp3) is 0.824. The first-order chi connectivity index (χ1) is 10.3. The summed E-state index contributed by atoms with van der Waals surface area (Å²) in [5.41, 5.74) is 1.32. The highest BCUT2D eigenvalue weighted by Gasteiger charge is 2.39. The number of rotatable bonds is 5. The fourth-order valence-corrected chi connectivity index (χ4v) is 3.84. The average molecular weight is 291 g/mol. The summed E-state index contributed by atoms with van der Waals surface area (Å²) in [6.07, 6.45) is 12.1. The van der Waals surface area contributed by atoms with Gasteiger partial charge in [-0.25, -0.2) is 0 Å². The van der Waals surface area contributed by atoms with Gasteiger partial charge in [0.1, 0.15) is 0 Å². The van der Waals surface area contributed by atoms with E-state index in [0.717, 1.165) is 38.2 Å². The number of aromatic nitrogens is 2. The molecule has 118 valence electrons. The molecule has 1 atom stereocenters. The summed E-state index contributed by atoms with van der Waals surface area (Å²) in [5.74, 6) is 0. The van der Waals surface area contributed by atoms with Crippen molar-refractivity contribution in [2.24, 2.45) is 0 Å². The minimum Gasteiger partial charge on any atom is -0.375 e. The van der Waals surface area contributed by atoms with Crippen molar-refractivity contribution in [1.29, 1.82) is 0 Å². The maximum atomic E-state index is 6.19. The Kier molecular flexibility index (Phi) is 4.96. The molecule has 1 spiro atoms. The monoisotopic (exact) mass is 291 g/mol. The maximum absolute atomic E-state index is 6.19. The Morgan fingerprint density at radius 3 is 3.05 bits per heavy atom. The van der Waals surface area contributed by atoms with E-state index in [1.165, 1.54) is 38.5 Å². The van der Waals surface area contributed by atoms with E-state index in [1.807, 2.05) is 0 Å². The molecule has 4 heteroatoms. The number of hydrogen-bond acceptors (Lipinski definition) is 3. The fourth-order valence-electron chi connectivity index (χ4n) is 3.84. The lowest BCUT2D eigenvalue weighted by atomic mass is 9.78. The molecule has 1 saturated carbocycles. The van der Waals surface area contributed by atoms with Gasteiger partial charge in [-0.3, -0.25) is 4.68 Å². The van der Waals surface area contributed by atoms with Gasteiger partial charge in [-0.2, -0.15) is 5.10 Å². The predicted molar refractivity (Wildman–Crippen MR) is 84.3 cm³/mol. The highest BCUT2D eigenvalue weighted by Crippen LogP contribution is 2.42. The van der Waals surface area contributed by atoms with E-state index in [4.69, 9.17) is 9.84 Å². The number of nitrogens with one attached hydrogen (secondary N) is 1. The molecule has 2 aliphatic rings. The van der Waals surface area contributed by atoms with E-state index in [9.17, 15) is 0 Å². The lowest BCUT2D eigenvalue weighted by molar-refractivity contribution is -0.115. The summed E-state index contributed by atoms with van der Waals surface area (Å²) in [7, 11) is 0. The van der Waals surface area contributed by atoms with Crippen molar-refractivity contribution in [2.75, 3.05) is 13.2 Å². The van der Waals surface area contributed by atoms with Crippen molar-refractivity contribution in [2.45, 2.75) is 76.5 Å². The molecule has 1 aromatic rings. The molecule has 2 fully saturated rings. The highest BCUT2D eigenvalue weighted by molar-refractivity contribution is 5.01. The molecule has 1 saturated heterocycles. The third kappa shape index (κ3) is 3.67. The third-order valence-corrected chi connectivity index (χ3v) is 5.00. The summed E-state index contributed by atoms with van der Waals surface area (Å²) >= 11 is 0. The van der Waals surface area contributed by atoms with Gasteiger partial charge < -0.3 is 10.1 Å². The van der Waals surface area contributed by atoms with Crippen LogP contribution in [-0.2, 0) is 11.3 Å².